The molecule has 1 aromatic rings. The van der Waals surface area contributed by atoms with E-state index in [1.807, 2.05) is 6.92 Å². The third-order valence-corrected chi connectivity index (χ3v) is 4.97. The van der Waals surface area contributed by atoms with E-state index in [1.165, 1.54) is 18.2 Å². The van der Waals surface area contributed by atoms with Crippen molar-refractivity contribution >= 4 is 11.8 Å². The Morgan fingerprint density at radius 3 is 2.48 bits per heavy atom. The molecule has 3 rings (SSSR count). The van der Waals surface area contributed by atoms with Crippen LogP contribution in [-0.2, 0) is 4.79 Å². The largest absolute Gasteiger partial charge is 0.586 e. The van der Waals surface area contributed by atoms with Crippen molar-refractivity contribution in [2.75, 3.05) is 13.1 Å². The van der Waals surface area contributed by atoms with Crippen LogP contribution in [0, 0.1) is 5.92 Å². The molecule has 27 heavy (non-hydrogen) atoms. The van der Waals surface area contributed by atoms with Crippen molar-refractivity contribution in [1.29, 1.82) is 0 Å². The van der Waals surface area contributed by atoms with E-state index in [4.69, 9.17) is 5.73 Å². The van der Waals surface area contributed by atoms with Crippen LogP contribution < -0.4 is 20.5 Å². The van der Waals surface area contributed by atoms with Gasteiger partial charge in [-0.15, -0.1) is 8.78 Å². The molecule has 1 aromatic carbocycles. The van der Waals surface area contributed by atoms with Crippen LogP contribution in [0.3, 0.4) is 0 Å². The predicted octanol–water partition coefficient (Wildman–Crippen LogP) is 1.71. The number of carbonyl (C=O) groups is 2. The third-order valence-electron chi connectivity index (χ3n) is 4.97. The molecule has 2 atom stereocenters. The van der Waals surface area contributed by atoms with Crippen molar-refractivity contribution in [2.45, 2.75) is 45.1 Å². The Labute approximate surface area is 155 Å². The van der Waals surface area contributed by atoms with Crippen LogP contribution in [0.2, 0.25) is 0 Å². The minimum absolute atomic E-state index is 0.0673. The number of rotatable bonds is 4. The van der Waals surface area contributed by atoms with Gasteiger partial charge in [-0.1, -0.05) is 0 Å². The van der Waals surface area contributed by atoms with Crippen molar-refractivity contribution in [3.05, 3.63) is 23.8 Å². The molecule has 0 saturated carbocycles. The highest BCUT2D eigenvalue weighted by Crippen LogP contribution is 2.41. The van der Waals surface area contributed by atoms with Crippen molar-refractivity contribution in [2.24, 2.45) is 11.7 Å². The number of halogens is 2. The van der Waals surface area contributed by atoms with Gasteiger partial charge in [0.1, 0.15) is 0 Å². The number of fused-ring (bicyclic) bond motifs is 1. The molecule has 0 aromatic heterocycles. The van der Waals surface area contributed by atoms with E-state index < -0.39 is 12.3 Å². The van der Waals surface area contributed by atoms with Crippen LogP contribution in [0.1, 0.15) is 37.0 Å². The van der Waals surface area contributed by atoms with E-state index in [-0.39, 0.29) is 40.8 Å². The van der Waals surface area contributed by atoms with Crippen molar-refractivity contribution in [3.8, 4) is 11.5 Å². The lowest BCUT2D eigenvalue weighted by atomic mass is 9.90. The first kappa shape index (κ1) is 19.3. The molecule has 1 saturated heterocycles. The molecule has 0 bridgehead atoms. The zero-order valence-electron chi connectivity index (χ0n) is 15.2. The fraction of sp³-hybridized carbons (Fsp3) is 0.556. The summed E-state index contributed by atoms with van der Waals surface area (Å²) in [7, 11) is 0. The molecule has 0 radical (unpaired) electrons. The Morgan fingerprint density at radius 1 is 1.22 bits per heavy atom. The summed E-state index contributed by atoms with van der Waals surface area (Å²) < 4.78 is 34.9. The van der Waals surface area contributed by atoms with Gasteiger partial charge in [0.15, 0.2) is 11.5 Å². The molecular formula is C18H23F2N3O4. The van der Waals surface area contributed by atoms with E-state index in [0.717, 1.165) is 12.8 Å². The summed E-state index contributed by atoms with van der Waals surface area (Å²) in [6.07, 6.45) is -2.20. The molecule has 3 N–H and O–H groups in total. The summed E-state index contributed by atoms with van der Waals surface area (Å²) in [6.45, 7) is 4.76. The zero-order valence-corrected chi connectivity index (χ0v) is 15.2. The highest BCUT2D eigenvalue weighted by Gasteiger charge is 2.43. The Bertz CT molecular complexity index is 733. The zero-order chi connectivity index (χ0) is 19.8. The van der Waals surface area contributed by atoms with Crippen LogP contribution >= 0.6 is 0 Å². The van der Waals surface area contributed by atoms with Gasteiger partial charge in [0, 0.05) is 24.7 Å². The molecule has 7 nitrogen and oxygen atoms in total. The van der Waals surface area contributed by atoms with Crippen molar-refractivity contribution in [3.63, 3.8) is 0 Å². The van der Waals surface area contributed by atoms with Gasteiger partial charge in [-0.2, -0.15) is 0 Å². The maximum Gasteiger partial charge on any atom is 0.586 e. The summed E-state index contributed by atoms with van der Waals surface area (Å²) >= 11 is 0. The number of amides is 2. The molecule has 2 aliphatic rings. The monoisotopic (exact) mass is 383 g/mol. The van der Waals surface area contributed by atoms with E-state index in [2.05, 4.69) is 14.8 Å². The van der Waals surface area contributed by atoms with Crippen molar-refractivity contribution in [1.82, 2.24) is 10.2 Å². The van der Waals surface area contributed by atoms with Gasteiger partial charge >= 0.3 is 6.29 Å². The van der Waals surface area contributed by atoms with Gasteiger partial charge in [-0.25, -0.2) is 0 Å². The average Bonchev–Trinajstić information content (AvgIpc) is 2.93. The lowest BCUT2D eigenvalue weighted by Crippen LogP contribution is -2.49. The number of ether oxygens (including phenoxy) is 2. The first-order valence-corrected chi connectivity index (χ1v) is 8.91. The number of likely N-dealkylation sites (tertiary alicyclic amines) is 1. The van der Waals surface area contributed by atoms with E-state index in [1.54, 1.807) is 11.8 Å². The molecule has 0 aliphatic carbocycles. The molecule has 9 heteroatoms. The average molecular weight is 383 g/mol. The number of hydrogen-bond donors (Lipinski definition) is 2. The van der Waals surface area contributed by atoms with E-state index in [9.17, 15) is 18.4 Å². The normalized spacial score (nSPS) is 20.9. The molecule has 2 heterocycles. The number of nitrogens with zero attached hydrogens (tertiary/aromatic N) is 1. The maximum absolute atomic E-state index is 13.1. The summed E-state index contributed by atoms with van der Waals surface area (Å²) in [5, 5.41) is 2.89. The second-order valence-corrected chi connectivity index (χ2v) is 7.04. The van der Waals surface area contributed by atoms with Crippen LogP contribution in [0.4, 0.5) is 8.78 Å². The fourth-order valence-electron chi connectivity index (χ4n) is 3.41. The van der Waals surface area contributed by atoms with Gasteiger partial charge in [0.2, 0.25) is 5.91 Å². The molecule has 2 unspecified atom stereocenters. The lowest BCUT2D eigenvalue weighted by molar-refractivity contribution is -0.286. The summed E-state index contributed by atoms with van der Waals surface area (Å²) in [4.78, 5) is 26.1. The lowest BCUT2D eigenvalue weighted by Gasteiger charge is -2.35. The third kappa shape index (κ3) is 4.29. The highest BCUT2D eigenvalue weighted by molar-refractivity contribution is 5.95. The molecule has 1 fully saturated rings. The topological polar surface area (TPSA) is 93.9 Å². The molecule has 2 amide bonds. The van der Waals surface area contributed by atoms with Crippen LogP contribution in [0.5, 0.6) is 11.5 Å². The number of benzene rings is 1. The number of nitrogens with one attached hydrogen (secondary N) is 1. The second-order valence-electron chi connectivity index (χ2n) is 7.04. The first-order valence-electron chi connectivity index (χ1n) is 8.91. The number of hydrogen-bond acceptors (Lipinski definition) is 5. The SMILES string of the molecule is CC(N)C(=O)N1CCC(C(C)NC(=O)c2ccc3c(c2)OC(F)(F)O3)CC1. The molecule has 0 spiro atoms. The van der Waals surface area contributed by atoms with Crippen molar-refractivity contribution < 1.29 is 27.8 Å². The number of alkyl halides is 2. The second kappa shape index (κ2) is 7.30. The molecule has 148 valence electrons. The summed E-state index contributed by atoms with van der Waals surface area (Å²) in [6, 6.07) is 3.29. The van der Waals surface area contributed by atoms with E-state index in [0.29, 0.717) is 13.1 Å². The standard InChI is InChI=1S/C18H23F2N3O4/c1-10(21)17(25)23-7-5-12(6-8-23)11(2)22-16(24)13-3-4-14-15(9-13)27-18(19,20)26-14/h3-4,9-12H,5-8,21H2,1-2H3,(H,22,24). The first-order chi connectivity index (χ1) is 12.7. The van der Waals surface area contributed by atoms with Gasteiger partial charge in [0.25, 0.3) is 5.91 Å². The van der Waals surface area contributed by atoms with Crippen LogP contribution in [0.25, 0.3) is 0 Å². The van der Waals surface area contributed by atoms with Gasteiger partial charge in [-0.3, -0.25) is 9.59 Å². The smallest absolute Gasteiger partial charge is 0.395 e. The molecular weight excluding hydrogens is 360 g/mol. The minimum Gasteiger partial charge on any atom is -0.395 e. The van der Waals surface area contributed by atoms with Crippen LogP contribution in [-0.4, -0.2) is 48.2 Å². The Balaban J connectivity index is 1.55. The van der Waals surface area contributed by atoms with E-state index >= 15 is 0 Å². The van der Waals surface area contributed by atoms with Gasteiger partial charge < -0.3 is 25.4 Å². The Hall–Kier alpha value is -2.42. The van der Waals surface area contributed by atoms with Gasteiger partial charge in [0.05, 0.1) is 6.04 Å². The summed E-state index contributed by atoms with van der Waals surface area (Å²) in [5.74, 6) is -0.497. The quantitative estimate of drug-likeness (QED) is 0.826. The Morgan fingerprint density at radius 2 is 1.85 bits per heavy atom. The molecule has 2 aliphatic heterocycles. The number of carbonyl (C=O) groups excluding carboxylic acids is 2. The maximum atomic E-state index is 13.1. The summed E-state index contributed by atoms with van der Waals surface area (Å²) in [5.41, 5.74) is 5.85. The fourth-order valence-corrected chi connectivity index (χ4v) is 3.41. The van der Waals surface area contributed by atoms with Gasteiger partial charge in [-0.05, 0) is 50.8 Å². The minimum atomic E-state index is -3.71. The number of piperidine rings is 1. The Kier molecular flexibility index (Phi) is 5.23. The van der Waals surface area contributed by atoms with Crippen LogP contribution in [0.15, 0.2) is 18.2 Å². The highest BCUT2D eigenvalue weighted by atomic mass is 19.3. The number of nitrogens with two attached hydrogens (primary N) is 1. The predicted molar refractivity (Wildman–Crippen MR) is 92.5 cm³/mol.